The van der Waals surface area contributed by atoms with Crippen LogP contribution in [0.5, 0.6) is 0 Å². The molecule has 1 aliphatic carbocycles. The van der Waals surface area contributed by atoms with Crippen LogP contribution in [0.3, 0.4) is 0 Å². The summed E-state index contributed by atoms with van der Waals surface area (Å²) in [6.07, 6.45) is 3.07. The Morgan fingerprint density at radius 1 is 0.885 bits per heavy atom. The summed E-state index contributed by atoms with van der Waals surface area (Å²) in [5.74, 6) is 0.180. The van der Waals surface area contributed by atoms with Crippen molar-refractivity contribution in [3.63, 3.8) is 0 Å². The van der Waals surface area contributed by atoms with Crippen LogP contribution in [0.1, 0.15) is 36.8 Å². The third-order valence-electron chi connectivity index (χ3n) is 5.06. The van der Waals surface area contributed by atoms with Crippen LogP contribution >= 0.6 is 0 Å². The van der Waals surface area contributed by atoms with Gasteiger partial charge in [-0.05, 0) is 50.3 Å². The number of hydrogen-bond acceptors (Lipinski definition) is 2. The number of benzene rings is 2. The molecule has 1 aliphatic rings. The van der Waals surface area contributed by atoms with Gasteiger partial charge in [-0.3, -0.25) is 9.59 Å². The van der Waals surface area contributed by atoms with E-state index in [0.717, 1.165) is 36.9 Å². The van der Waals surface area contributed by atoms with Crippen molar-refractivity contribution in [1.82, 2.24) is 5.32 Å². The lowest BCUT2D eigenvalue weighted by Gasteiger charge is -2.27. The van der Waals surface area contributed by atoms with Crippen LogP contribution in [0.2, 0.25) is 0 Å². The molecule has 0 atom stereocenters. The van der Waals surface area contributed by atoms with Crippen molar-refractivity contribution in [2.24, 2.45) is 11.8 Å². The number of amides is 2. The number of hydrogen-bond donors (Lipinski definition) is 2. The number of carbonyl (C=O) groups is 2. The van der Waals surface area contributed by atoms with Gasteiger partial charge in [0.15, 0.2) is 0 Å². The Labute approximate surface area is 155 Å². The van der Waals surface area contributed by atoms with Crippen molar-refractivity contribution in [3.8, 4) is 0 Å². The number of anilines is 1. The molecule has 0 aliphatic heterocycles. The lowest BCUT2D eigenvalue weighted by Crippen LogP contribution is -2.35. The van der Waals surface area contributed by atoms with E-state index in [0.29, 0.717) is 6.54 Å². The topological polar surface area (TPSA) is 58.2 Å². The van der Waals surface area contributed by atoms with Crippen LogP contribution in [0.25, 0.3) is 0 Å². The Morgan fingerprint density at radius 3 is 2.19 bits per heavy atom. The Kier molecular flexibility index (Phi) is 6.05. The second-order valence-corrected chi connectivity index (χ2v) is 7.11. The zero-order valence-corrected chi connectivity index (χ0v) is 15.2. The Balaban J connectivity index is 1.44. The monoisotopic (exact) mass is 350 g/mol. The first-order chi connectivity index (χ1) is 12.6. The molecule has 2 aromatic rings. The number of para-hydroxylation sites is 1. The quantitative estimate of drug-likeness (QED) is 0.854. The van der Waals surface area contributed by atoms with Gasteiger partial charge in [-0.25, -0.2) is 0 Å². The van der Waals surface area contributed by atoms with E-state index in [1.54, 1.807) is 0 Å². The summed E-state index contributed by atoms with van der Waals surface area (Å²) < 4.78 is 0. The first-order valence-corrected chi connectivity index (χ1v) is 9.31. The zero-order valence-electron chi connectivity index (χ0n) is 15.2. The molecule has 1 saturated carbocycles. The minimum Gasteiger partial charge on any atom is -0.352 e. The van der Waals surface area contributed by atoms with Crippen molar-refractivity contribution >= 4 is 17.5 Å². The molecule has 4 heteroatoms. The maximum atomic E-state index is 12.4. The van der Waals surface area contributed by atoms with Crippen LogP contribution in [0, 0.1) is 18.8 Å². The summed E-state index contributed by atoms with van der Waals surface area (Å²) in [6, 6.07) is 17.7. The van der Waals surface area contributed by atoms with E-state index in [4.69, 9.17) is 0 Å². The van der Waals surface area contributed by atoms with Gasteiger partial charge in [0.05, 0.1) is 0 Å². The van der Waals surface area contributed by atoms with Gasteiger partial charge < -0.3 is 10.6 Å². The Morgan fingerprint density at radius 2 is 1.54 bits per heavy atom. The maximum Gasteiger partial charge on any atom is 0.227 e. The first-order valence-electron chi connectivity index (χ1n) is 9.31. The molecule has 1 fully saturated rings. The fourth-order valence-electron chi connectivity index (χ4n) is 3.54. The standard InChI is InChI=1S/C22H26N2O2/c1-16-6-5-7-17(14-16)15-23-21(25)18-10-12-19(13-11-18)22(26)24-20-8-3-2-4-9-20/h2-9,14,18-19H,10-13,15H2,1H3,(H,23,25)(H,24,26). The fourth-order valence-corrected chi connectivity index (χ4v) is 3.54. The number of nitrogens with one attached hydrogen (secondary N) is 2. The lowest BCUT2D eigenvalue weighted by molar-refractivity contribution is -0.128. The molecule has 2 aromatic carbocycles. The van der Waals surface area contributed by atoms with E-state index in [2.05, 4.69) is 16.7 Å². The molecule has 0 radical (unpaired) electrons. The summed E-state index contributed by atoms with van der Waals surface area (Å²) in [5, 5.41) is 6.01. The summed E-state index contributed by atoms with van der Waals surface area (Å²) in [6.45, 7) is 2.61. The van der Waals surface area contributed by atoms with Gasteiger partial charge in [0.1, 0.15) is 0 Å². The molecule has 0 bridgehead atoms. The molecular weight excluding hydrogens is 324 g/mol. The van der Waals surface area contributed by atoms with Gasteiger partial charge in [0, 0.05) is 24.1 Å². The lowest BCUT2D eigenvalue weighted by atomic mass is 9.81. The maximum absolute atomic E-state index is 12.4. The summed E-state index contributed by atoms with van der Waals surface area (Å²) in [7, 11) is 0. The van der Waals surface area contributed by atoms with E-state index in [1.807, 2.05) is 55.5 Å². The van der Waals surface area contributed by atoms with E-state index < -0.39 is 0 Å². The largest absolute Gasteiger partial charge is 0.352 e. The summed E-state index contributed by atoms with van der Waals surface area (Å²) >= 11 is 0. The second kappa shape index (κ2) is 8.65. The molecular formula is C22H26N2O2. The molecule has 2 N–H and O–H groups in total. The van der Waals surface area contributed by atoms with Crippen LogP contribution in [-0.4, -0.2) is 11.8 Å². The highest BCUT2D eigenvalue weighted by molar-refractivity contribution is 5.92. The molecule has 4 nitrogen and oxygen atoms in total. The normalized spacial score (nSPS) is 19.6. The first kappa shape index (κ1) is 18.2. The molecule has 2 amide bonds. The zero-order chi connectivity index (χ0) is 18.4. The SMILES string of the molecule is Cc1cccc(CNC(=O)C2CCC(C(=O)Nc3ccccc3)CC2)c1. The molecule has 0 saturated heterocycles. The third-order valence-corrected chi connectivity index (χ3v) is 5.06. The highest BCUT2D eigenvalue weighted by Gasteiger charge is 2.29. The summed E-state index contributed by atoms with van der Waals surface area (Å²) in [5.41, 5.74) is 3.14. The van der Waals surface area contributed by atoms with Gasteiger partial charge in [-0.15, -0.1) is 0 Å². The molecule has 0 heterocycles. The molecule has 0 spiro atoms. The third kappa shape index (κ3) is 4.94. The van der Waals surface area contributed by atoms with Crippen LogP contribution < -0.4 is 10.6 Å². The highest BCUT2D eigenvalue weighted by atomic mass is 16.2. The molecule has 0 unspecified atom stereocenters. The summed E-state index contributed by atoms with van der Waals surface area (Å²) in [4.78, 5) is 24.8. The van der Waals surface area contributed by atoms with Crippen LogP contribution in [-0.2, 0) is 16.1 Å². The molecule has 136 valence electrons. The number of aryl methyl sites for hydroxylation is 1. The minimum atomic E-state index is -0.00368. The molecule has 3 rings (SSSR count). The fraction of sp³-hybridized carbons (Fsp3) is 0.364. The van der Waals surface area contributed by atoms with Crippen LogP contribution in [0.15, 0.2) is 54.6 Å². The Hall–Kier alpha value is -2.62. The number of carbonyl (C=O) groups excluding carboxylic acids is 2. The van der Waals surface area contributed by atoms with Gasteiger partial charge in [-0.2, -0.15) is 0 Å². The van der Waals surface area contributed by atoms with Crippen molar-refractivity contribution in [1.29, 1.82) is 0 Å². The van der Waals surface area contributed by atoms with Gasteiger partial charge in [0.2, 0.25) is 11.8 Å². The minimum absolute atomic E-state index is 0.00368. The van der Waals surface area contributed by atoms with Crippen molar-refractivity contribution in [2.45, 2.75) is 39.2 Å². The van der Waals surface area contributed by atoms with E-state index in [-0.39, 0.29) is 23.7 Å². The predicted molar refractivity (Wildman–Crippen MR) is 104 cm³/mol. The van der Waals surface area contributed by atoms with Gasteiger partial charge >= 0.3 is 0 Å². The Bertz CT molecular complexity index is 750. The van der Waals surface area contributed by atoms with Crippen molar-refractivity contribution in [2.75, 3.05) is 5.32 Å². The van der Waals surface area contributed by atoms with Crippen LogP contribution in [0.4, 0.5) is 5.69 Å². The van der Waals surface area contributed by atoms with E-state index in [1.165, 1.54) is 5.56 Å². The molecule has 26 heavy (non-hydrogen) atoms. The van der Waals surface area contributed by atoms with E-state index in [9.17, 15) is 9.59 Å². The van der Waals surface area contributed by atoms with Gasteiger partial charge in [0.25, 0.3) is 0 Å². The van der Waals surface area contributed by atoms with E-state index >= 15 is 0 Å². The average molecular weight is 350 g/mol. The van der Waals surface area contributed by atoms with Gasteiger partial charge in [-0.1, -0.05) is 48.0 Å². The molecule has 0 aromatic heterocycles. The smallest absolute Gasteiger partial charge is 0.227 e. The predicted octanol–water partition coefficient (Wildman–Crippen LogP) is 4.06. The average Bonchev–Trinajstić information content (AvgIpc) is 2.67. The second-order valence-electron chi connectivity index (χ2n) is 7.11. The number of rotatable bonds is 5. The van der Waals surface area contributed by atoms with Crippen molar-refractivity contribution in [3.05, 3.63) is 65.7 Å². The highest BCUT2D eigenvalue weighted by Crippen LogP contribution is 2.30. The van der Waals surface area contributed by atoms with Crippen molar-refractivity contribution < 1.29 is 9.59 Å².